The number of ketones is 1. The molecule has 2 aliphatic rings. The number of ether oxygens (including phenoxy) is 3. The number of benzene rings is 3. The van der Waals surface area contributed by atoms with Gasteiger partial charge in [-0.25, -0.2) is 0 Å². The fourth-order valence-corrected chi connectivity index (χ4v) is 4.63. The highest BCUT2D eigenvalue weighted by molar-refractivity contribution is 7.87. The van der Waals surface area contributed by atoms with E-state index in [9.17, 15) is 13.2 Å². The number of carbonyl (C=O) groups is 1. The van der Waals surface area contributed by atoms with Crippen LogP contribution in [0.4, 0.5) is 0 Å². The number of rotatable bonds is 4. The van der Waals surface area contributed by atoms with E-state index in [1.54, 1.807) is 36.4 Å². The summed E-state index contributed by atoms with van der Waals surface area (Å²) in [5, 5.41) is 0.467. The fourth-order valence-electron chi connectivity index (χ4n) is 3.44. The van der Waals surface area contributed by atoms with Crippen molar-refractivity contribution in [2.24, 2.45) is 0 Å². The van der Waals surface area contributed by atoms with Crippen LogP contribution in [-0.2, 0) is 21.5 Å². The first-order valence-corrected chi connectivity index (χ1v) is 11.3. The lowest BCUT2D eigenvalue weighted by atomic mass is 10.1. The molecule has 0 N–H and O–H groups in total. The molecule has 2 heterocycles. The summed E-state index contributed by atoms with van der Waals surface area (Å²) in [6.07, 6.45) is 1.54. The zero-order valence-electron chi connectivity index (χ0n) is 16.4. The number of hydrogen-bond acceptors (Lipinski definition) is 7. The van der Waals surface area contributed by atoms with E-state index in [0.29, 0.717) is 28.5 Å². The van der Waals surface area contributed by atoms with Gasteiger partial charge in [0.15, 0.2) is 12.6 Å². The third-order valence-corrected chi connectivity index (χ3v) is 6.35. The van der Waals surface area contributed by atoms with Crippen molar-refractivity contribution in [1.82, 2.24) is 0 Å². The second kappa shape index (κ2) is 7.98. The first-order valence-electron chi connectivity index (χ1n) is 9.51. The van der Waals surface area contributed by atoms with Gasteiger partial charge in [-0.05, 0) is 42.5 Å². The Bertz CT molecular complexity index is 1360. The Labute approximate surface area is 188 Å². The summed E-state index contributed by atoms with van der Waals surface area (Å²) in [5.41, 5.74) is 1.64. The first kappa shape index (κ1) is 20.6. The number of carbonyl (C=O) groups excluding carboxylic acids is 1. The molecule has 0 atom stereocenters. The molecule has 0 saturated heterocycles. The molecule has 162 valence electrons. The van der Waals surface area contributed by atoms with Gasteiger partial charge in [-0.3, -0.25) is 4.79 Å². The third kappa shape index (κ3) is 3.84. The van der Waals surface area contributed by atoms with Crippen LogP contribution >= 0.6 is 11.6 Å². The molecule has 0 fully saturated rings. The van der Waals surface area contributed by atoms with Gasteiger partial charge in [0.05, 0.1) is 12.2 Å². The van der Waals surface area contributed by atoms with Crippen LogP contribution in [0.5, 0.6) is 17.2 Å². The molecule has 0 aliphatic carbocycles. The largest absolute Gasteiger partial charge is 0.467 e. The molecule has 2 aliphatic heterocycles. The molecule has 32 heavy (non-hydrogen) atoms. The minimum atomic E-state index is -4.02. The summed E-state index contributed by atoms with van der Waals surface area (Å²) in [6, 6.07) is 15.4. The highest BCUT2D eigenvalue weighted by atomic mass is 35.5. The smallest absolute Gasteiger partial charge is 0.339 e. The molecule has 0 unspecified atom stereocenters. The van der Waals surface area contributed by atoms with Crippen molar-refractivity contribution in [1.29, 1.82) is 0 Å². The van der Waals surface area contributed by atoms with E-state index in [2.05, 4.69) is 0 Å². The summed E-state index contributed by atoms with van der Waals surface area (Å²) in [4.78, 5) is 12.8. The normalized spacial score (nSPS) is 16.2. The van der Waals surface area contributed by atoms with Crippen molar-refractivity contribution in [3.8, 4) is 17.2 Å². The van der Waals surface area contributed by atoms with Crippen molar-refractivity contribution >= 4 is 33.6 Å². The third-order valence-electron chi connectivity index (χ3n) is 4.87. The van der Waals surface area contributed by atoms with Crippen LogP contribution in [-0.4, -0.2) is 21.0 Å². The molecule has 9 heteroatoms. The predicted molar refractivity (Wildman–Crippen MR) is 115 cm³/mol. The van der Waals surface area contributed by atoms with Crippen LogP contribution in [0.25, 0.3) is 6.08 Å². The molecule has 0 aromatic heterocycles. The summed E-state index contributed by atoms with van der Waals surface area (Å²) in [5.74, 6) is 0.504. The van der Waals surface area contributed by atoms with E-state index >= 15 is 0 Å². The van der Waals surface area contributed by atoms with Crippen LogP contribution in [0.1, 0.15) is 21.5 Å². The van der Waals surface area contributed by atoms with Gasteiger partial charge in [0, 0.05) is 22.2 Å². The number of fused-ring (bicyclic) bond motifs is 2. The quantitative estimate of drug-likeness (QED) is 0.407. The molecule has 0 saturated carbocycles. The van der Waals surface area contributed by atoms with Crippen LogP contribution < -0.4 is 13.7 Å². The lowest BCUT2D eigenvalue weighted by Crippen LogP contribution is -2.12. The Morgan fingerprint density at radius 2 is 1.84 bits per heavy atom. The molecule has 7 nitrogen and oxygen atoms in total. The molecule has 5 rings (SSSR count). The first-order chi connectivity index (χ1) is 15.4. The number of hydrogen-bond donors (Lipinski definition) is 0. The maximum atomic E-state index is 12.8. The fraction of sp³-hybridized carbons (Fsp3) is 0.0870. The summed E-state index contributed by atoms with van der Waals surface area (Å²) < 4.78 is 46.7. The summed E-state index contributed by atoms with van der Waals surface area (Å²) in [7, 11) is -4.02. The van der Waals surface area contributed by atoms with Gasteiger partial charge in [-0.15, -0.1) is 0 Å². The Kier molecular flexibility index (Phi) is 5.13. The average Bonchev–Trinajstić information content (AvgIpc) is 3.08. The lowest BCUT2D eigenvalue weighted by Gasteiger charge is -2.20. The van der Waals surface area contributed by atoms with Crippen LogP contribution in [0.3, 0.4) is 0 Å². The topological polar surface area (TPSA) is 88.1 Å². The van der Waals surface area contributed by atoms with Crippen molar-refractivity contribution in [3.63, 3.8) is 0 Å². The maximum Gasteiger partial charge on any atom is 0.339 e. The van der Waals surface area contributed by atoms with Crippen LogP contribution in [0.2, 0.25) is 5.02 Å². The van der Waals surface area contributed by atoms with Crippen molar-refractivity contribution in [3.05, 3.63) is 88.1 Å². The summed E-state index contributed by atoms with van der Waals surface area (Å²) >= 11 is 6.19. The van der Waals surface area contributed by atoms with Gasteiger partial charge in [0.25, 0.3) is 0 Å². The van der Waals surface area contributed by atoms with Gasteiger partial charge in [-0.1, -0.05) is 29.8 Å². The molecule has 0 bridgehead atoms. The van der Waals surface area contributed by atoms with Gasteiger partial charge in [-0.2, -0.15) is 8.42 Å². The molecule has 3 aromatic carbocycles. The Balaban J connectivity index is 1.44. The maximum absolute atomic E-state index is 12.8. The molecular formula is C23H15ClO7S. The van der Waals surface area contributed by atoms with Crippen molar-refractivity contribution in [2.75, 3.05) is 6.79 Å². The number of halogens is 1. The van der Waals surface area contributed by atoms with Crippen molar-refractivity contribution in [2.45, 2.75) is 11.5 Å². The molecular weight excluding hydrogens is 456 g/mol. The van der Waals surface area contributed by atoms with E-state index in [0.717, 1.165) is 5.56 Å². The minimum Gasteiger partial charge on any atom is -0.467 e. The lowest BCUT2D eigenvalue weighted by molar-refractivity contribution is -0.0165. The zero-order valence-corrected chi connectivity index (χ0v) is 18.0. The Hall–Kier alpha value is -3.33. The number of Topliss-reactive ketones (excluding diaryl/α,β-unsaturated/α-hetero) is 1. The predicted octanol–water partition coefficient (Wildman–Crippen LogP) is 4.59. The summed E-state index contributed by atoms with van der Waals surface area (Å²) in [6.45, 7) is 0.439. The van der Waals surface area contributed by atoms with E-state index in [-0.39, 0.29) is 34.7 Å². The van der Waals surface area contributed by atoms with E-state index in [1.807, 2.05) is 0 Å². The molecule has 3 aromatic rings. The van der Waals surface area contributed by atoms with Crippen LogP contribution in [0.15, 0.2) is 71.3 Å². The molecule has 0 radical (unpaired) electrons. The van der Waals surface area contributed by atoms with Crippen LogP contribution in [0, 0.1) is 0 Å². The van der Waals surface area contributed by atoms with Gasteiger partial charge >= 0.3 is 10.1 Å². The monoisotopic (exact) mass is 470 g/mol. The minimum absolute atomic E-state index is 0.0211. The molecule has 0 spiro atoms. The number of allylic oxidation sites excluding steroid dienone is 1. The highest BCUT2D eigenvalue weighted by Gasteiger charge is 2.29. The van der Waals surface area contributed by atoms with E-state index < -0.39 is 10.1 Å². The van der Waals surface area contributed by atoms with E-state index in [4.69, 9.17) is 30.0 Å². The standard InChI is InChI=1S/C23H15ClO7S/c24-16-8-14(23-15(9-16)12-28-13-29-23)10-21-22(25)19-7-6-17(11-20(19)30-21)31-32(26,27)18-4-2-1-3-5-18/h1-11H,12-13H2. The Morgan fingerprint density at radius 1 is 1.03 bits per heavy atom. The van der Waals surface area contributed by atoms with Gasteiger partial charge < -0.3 is 18.4 Å². The van der Waals surface area contributed by atoms with Crippen molar-refractivity contribution < 1.29 is 31.6 Å². The van der Waals surface area contributed by atoms with Gasteiger partial charge in [0.2, 0.25) is 5.78 Å². The van der Waals surface area contributed by atoms with Gasteiger partial charge in [0.1, 0.15) is 22.1 Å². The Morgan fingerprint density at radius 3 is 2.66 bits per heavy atom. The second-order valence-electron chi connectivity index (χ2n) is 7.04. The molecule has 0 amide bonds. The highest BCUT2D eigenvalue weighted by Crippen LogP contribution is 2.38. The zero-order chi connectivity index (χ0) is 22.3. The average molecular weight is 471 g/mol. The van der Waals surface area contributed by atoms with E-state index in [1.165, 1.54) is 30.3 Å². The SMILES string of the molecule is O=C1C(=Cc2cc(Cl)cc3c2OCOC3)Oc2cc(OS(=O)(=O)c3ccccc3)ccc21. The second-order valence-corrected chi connectivity index (χ2v) is 9.02.